The Morgan fingerprint density at radius 3 is 2.47 bits per heavy atom. The molecule has 9 nitrogen and oxygen atoms in total. The summed E-state index contributed by atoms with van der Waals surface area (Å²) in [4.78, 5) is 50.2. The van der Waals surface area contributed by atoms with Crippen LogP contribution in [0.2, 0.25) is 0 Å². The summed E-state index contributed by atoms with van der Waals surface area (Å²) in [7, 11) is 0. The number of aliphatic hydroxyl groups is 1. The van der Waals surface area contributed by atoms with E-state index < -0.39 is 42.4 Å². The van der Waals surface area contributed by atoms with Gasteiger partial charge in [-0.05, 0) is 56.4 Å². The van der Waals surface area contributed by atoms with Crippen LogP contribution in [0.15, 0.2) is 30.3 Å². The fourth-order valence-corrected chi connectivity index (χ4v) is 5.13. The normalized spacial score (nSPS) is 23.1. The molecule has 3 rings (SSSR count). The molecular formula is C27H39N3O6. The van der Waals surface area contributed by atoms with Crippen molar-refractivity contribution in [2.24, 2.45) is 17.8 Å². The molecule has 1 saturated carbocycles. The van der Waals surface area contributed by atoms with Gasteiger partial charge in [-0.2, -0.15) is 0 Å². The second-order valence-electron chi connectivity index (χ2n) is 10.3. The smallest absolute Gasteiger partial charge is 0.408 e. The largest absolute Gasteiger partial charge is 0.446 e. The highest BCUT2D eigenvalue weighted by atomic mass is 16.6. The predicted octanol–water partition coefficient (Wildman–Crippen LogP) is 2.11. The van der Waals surface area contributed by atoms with Crippen LogP contribution in [0.25, 0.3) is 0 Å². The van der Waals surface area contributed by atoms with Gasteiger partial charge in [0.05, 0.1) is 6.04 Å². The van der Waals surface area contributed by atoms with Gasteiger partial charge in [0, 0.05) is 18.4 Å². The van der Waals surface area contributed by atoms with E-state index in [-0.39, 0.29) is 30.3 Å². The number of nitrogens with one attached hydrogen (secondary N) is 3. The molecule has 1 aliphatic carbocycles. The Bertz CT molecular complexity index is 906. The SMILES string of the molecule is CC(C)CC(NC(=O)OC1CCCC1Cc1ccccc1)C(=O)NC(CC1CCNC1=O)C(=O)CO. The maximum atomic E-state index is 13.1. The van der Waals surface area contributed by atoms with Crippen LogP contribution in [0.4, 0.5) is 4.79 Å². The van der Waals surface area contributed by atoms with Crippen molar-refractivity contribution in [3.05, 3.63) is 35.9 Å². The topological polar surface area (TPSA) is 134 Å². The van der Waals surface area contributed by atoms with Gasteiger partial charge in [0.25, 0.3) is 0 Å². The number of amides is 3. The molecular weight excluding hydrogens is 462 g/mol. The fourth-order valence-electron chi connectivity index (χ4n) is 5.13. The Balaban J connectivity index is 1.60. The third-order valence-electron chi connectivity index (χ3n) is 7.05. The molecule has 2 aliphatic rings. The van der Waals surface area contributed by atoms with Crippen molar-refractivity contribution in [1.29, 1.82) is 0 Å². The number of alkyl carbamates (subject to hydrolysis) is 1. The molecule has 2 fully saturated rings. The number of benzene rings is 1. The lowest BCUT2D eigenvalue weighted by Crippen LogP contribution is -2.53. The predicted molar refractivity (Wildman–Crippen MR) is 134 cm³/mol. The van der Waals surface area contributed by atoms with E-state index in [4.69, 9.17) is 4.74 Å². The summed E-state index contributed by atoms with van der Waals surface area (Å²) in [6, 6.07) is 8.19. The molecule has 36 heavy (non-hydrogen) atoms. The number of ketones is 1. The zero-order chi connectivity index (χ0) is 26.1. The van der Waals surface area contributed by atoms with Crippen molar-refractivity contribution >= 4 is 23.7 Å². The fraction of sp³-hybridized carbons (Fsp3) is 0.630. The number of carbonyl (C=O) groups excluding carboxylic acids is 4. The summed E-state index contributed by atoms with van der Waals surface area (Å²) in [5.74, 6) is -1.36. The number of aliphatic hydroxyl groups excluding tert-OH is 1. The molecule has 1 heterocycles. The van der Waals surface area contributed by atoms with Gasteiger partial charge in [-0.15, -0.1) is 0 Å². The van der Waals surface area contributed by atoms with Gasteiger partial charge < -0.3 is 25.8 Å². The van der Waals surface area contributed by atoms with Gasteiger partial charge >= 0.3 is 6.09 Å². The van der Waals surface area contributed by atoms with E-state index in [0.29, 0.717) is 19.4 Å². The Labute approximate surface area is 212 Å². The average molecular weight is 502 g/mol. The van der Waals surface area contributed by atoms with Crippen LogP contribution in [0.3, 0.4) is 0 Å². The Morgan fingerprint density at radius 2 is 1.83 bits per heavy atom. The average Bonchev–Trinajstić information content (AvgIpc) is 3.46. The van der Waals surface area contributed by atoms with Crippen LogP contribution in [0.1, 0.15) is 57.9 Å². The van der Waals surface area contributed by atoms with Gasteiger partial charge in [-0.25, -0.2) is 4.79 Å². The van der Waals surface area contributed by atoms with Crippen molar-refractivity contribution < 1.29 is 29.0 Å². The third-order valence-corrected chi connectivity index (χ3v) is 7.05. The van der Waals surface area contributed by atoms with Crippen molar-refractivity contribution in [3.63, 3.8) is 0 Å². The maximum Gasteiger partial charge on any atom is 0.408 e. The van der Waals surface area contributed by atoms with E-state index in [2.05, 4.69) is 28.1 Å². The van der Waals surface area contributed by atoms with Crippen LogP contribution in [0.5, 0.6) is 0 Å². The van der Waals surface area contributed by atoms with Crippen molar-refractivity contribution in [2.75, 3.05) is 13.2 Å². The maximum absolute atomic E-state index is 13.1. The lowest BCUT2D eigenvalue weighted by Gasteiger charge is -2.26. The molecule has 0 radical (unpaired) electrons. The molecule has 1 saturated heterocycles. The molecule has 4 N–H and O–H groups in total. The summed E-state index contributed by atoms with van der Waals surface area (Å²) in [5, 5.41) is 17.5. The van der Waals surface area contributed by atoms with Crippen LogP contribution in [-0.2, 0) is 25.5 Å². The van der Waals surface area contributed by atoms with E-state index in [9.17, 15) is 24.3 Å². The van der Waals surface area contributed by atoms with E-state index in [1.165, 1.54) is 5.56 Å². The molecule has 0 bridgehead atoms. The molecule has 5 atom stereocenters. The first-order valence-corrected chi connectivity index (χ1v) is 13.0. The standard InChI is InChI=1S/C27H39N3O6/c1-17(2)13-22(26(34)29-21(23(32)16-31)15-20-11-12-28-25(20)33)30-27(35)36-24-10-6-9-19(24)14-18-7-4-3-5-8-18/h3-5,7-8,17,19-22,24,31H,6,9-16H2,1-2H3,(H,28,33)(H,29,34)(H,30,35). The Hall–Kier alpha value is -2.94. The quantitative estimate of drug-likeness (QED) is 0.347. The van der Waals surface area contributed by atoms with Gasteiger partial charge in [0.2, 0.25) is 11.8 Å². The number of hydrogen-bond donors (Lipinski definition) is 4. The lowest BCUT2D eigenvalue weighted by molar-refractivity contribution is -0.131. The zero-order valence-corrected chi connectivity index (χ0v) is 21.2. The number of Topliss-reactive ketones (excluding diaryl/α,β-unsaturated/α-hetero) is 1. The first-order chi connectivity index (χ1) is 17.3. The van der Waals surface area contributed by atoms with Crippen LogP contribution < -0.4 is 16.0 Å². The molecule has 0 spiro atoms. The number of rotatable bonds is 12. The van der Waals surface area contributed by atoms with Gasteiger partial charge in [-0.1, -0.05) is 44.2 Å². The molecule has 0 aromatic heterocycles. The third kappa shape index (κ3) is 8.05. The summed E-state index contributed by atoms with van der Waals surface area (Å²) < 4.78 is 5.76. The molecule has 9 heteroatoms. The lowest BCUT2D eigenvalue weighted by atomic mass is 9.95. The van der Waals surface area contributed by atoms with Crippen LogP contribution >= 0.6 is 0 Å². The summed E-state index contributed by atoms with van der Waals surface area (Å²) in [6.07, 6.45) is 3.71. The van der Waals surface area contributed by atoms with Crippen molar-refractivity contribution in [3.8, 4) is 0 Å². The highest BCUT2D eigenvalue weighted by Gasteiger charge is 2.34. The second kappa shape index (κ2) is 13.4. The highest BCUT2D eigenvalue weighted by molar-refractivity contribution is 5.93. The van der Waals surface area contributed by atoms with E-state index in [1.54, 1.807) is 0 Å². The summed E-state index contributed by atoms with van der Waals surface area (Å²) in [6.45, 7) is 3.64. The van der Waals surface area contributed by atoms with Gasteiger partial charge in [0.1, 0.15) is 18.8 Å². The van der Waals surface area contributed by atoms with E-state index in [0.717, 1.165) is 25.7 Å². The van der Waals surface area contributed by atoms with Crippen LogP contribution in [-0.4, -0.2) is 60.1 Å². The minimum absolute atomic E-state index is 0.0889. The zero-order valence-electron chi connectivity index (χ0n) is 21.2. The summed E-state index contributed by atoms with van der Waals surface area (Å²) >= 11 is 0. The Kier molecular flexibility index (Phi) is 10.3. The monoisotopic (exact) mass is 501 g/mol. The highest BCUT2D eigenvalue weighted by Crippen LogP contribution is 2.31. The van der Waals surface area contributed by atoms with E-state index >= 15 is 0 Å². The molecule has 1 aromatic rings. The van der Waals surface area contributed by atoms with Crippen molar-refractivity contribution in [1.82, 2.24) is 16.0 Å². The minimum Gasteiger partial charge on any atom is -0.446 e. The van der Waals surface area contributed by atoms with Crippen LogP contribution in [0, 0.1) is 17.8 Å². The molecule has 198 valence electrons. The number of hydrogen-bond acceptors (Lipinski definition) is 6. The van der Waals surface area contributed by atoms with Gasteiger partial charge in [-0.3, -0.25) is 14.4 Å². The molecule has 3 amide bonds. The molecule has 1 aromatic carbocycles. The number of carbonyl (C=O) groups is 4. The van der Waals surface area contributed by atoms with E-state index in [1.807, 2.05) is 32.0 Å². The second-order valence-corrected chi connectivity index (χ2v) is 10.3. The first-order valence-electron chi connectivity index (χ1n) is 13.0. The number of ether oxygens (including phenoxy) is 1. The minimum atomic E-state index is -1.01. The summed E-state index contributed by atoms with van der Waals surface area (Å²) in [5.41, 5.74) is 1.20. The molecule has 5 unspecified atom stereocenters. The Morgan fingerprint density at radius 1 is 1.08 bits per heavy atom. The first kappa shape index (κ1) is 27.6. The van der Waals surface area contributed by atoms with Crippen molar-refractivity contribution in [2.45, 2.75) is 77.0 Å². The molecule has 1 aliphatic heterocycles. The van der Waals surface area contributed by atoms with Gasteiger partial charge in [0.15, 0.2) is 5.78 Å².